The van der Waals surface area contributed by atoms with Gasteiger partial charge in [0.2, 0.25) is 0 Å². The molecular weight excluding hydrogens is 212 g/mol. The standard InChI is InChI=1S/C14H16N2O/c1-17-13-9-7-12(8-10-13)14(16-15)11-5-3-2-4-6-11/h2-10,14,16H,15H2,1H3/t14-/m1/s1. The molecule has 17 heavy (non-hydrogen) atoms. The molecule has 88 valence electrons. The van der Waals surface area contributed by atoms with E-state index in [1.54, 1.807) is 7.11 Å². The normalized spacial score (nSPS) is 12.1. The molecule has 2 aromatic rings. The first-order chi connectivity index (χ1) is 8.35. The molecule has 2 aromatic carbocycles. The van der Waals surface area contributed by atoms with Crippen molar-refractivity contribution in [1.29, 1.82) is 0 Å². The van der Waals surface area contributed by atoms with Gasteiger partial charge in [-0.3, -0.25) is 5.84 Å². The van der Waals surface area contributed by atoms with Gasteiger partial charge in [-0.25, -0.2) is 5.43 Å². The van der Waals surface area contributed by atoms with E-state index in [1.807, 2.05) is 42.5 Å². The molecule has 0 aliphatic carbocycles. The quantitative estimate of drug-likeness (QED) is 0.623. The van der Waals surface area contributed by atoms with Crippen LogP contribution in [-0.4, -0.2) is 7.11 Å². The second kappa shape index (κ2) is 5.48. The van der Waals surface area contributed by atoms with E-state index < -0.39 is 0 Å². The molecule has 3 N–H and O–H groups in total. The number of ether oxygens (including phenoxy) is 1. The fraction of sp³-hybridized carbons (Fsp3) is 0.143. The predicted octanol–water partition coefficient (Wildman–Crippen LogP) is 2.25. The van der Waals surface area contributed by atoms with Crippen LogP contribution in [0.4, 0.5) is 0 Å². The molecule has 0 bridgehead atoms. The first-order valence-electron chi connectivity index (χ1n) is 5.50. The van der Waals surface area contributed by atoms with Crippen LogP contribution in [0.5, 0.6) is 5.75 Å². The number of hydrazine groups is 1. The van der Waals surface area contributed by atoms with E-state index in [1.165, 1.54) is 0 Å². The molecule has 0 radical (unpaired) electrons. The van der Waals surface area contributed by atoms with Crippen LogP contribution in [0.1, 0.15) is 17.2 Å². The largest absolute Gasteiger partial charge is 0.497 e. The van der Waals surface area contributed by atoms with Gasteiger partial charge in [0.15, 0.2) is 0 Å². The topological polar surface area (TPSA) is 47.3 Å². The third-order valence-electron chi connectivity index (χ3n) is 2.75. The molecule has 3 nitrogen and oxygen atoms in total. The van der Waals surface area contributed by atoms with Gasteiger partial charge in [0.25, 0.3) is 0 Å². The lowest BCUT2D eigenvalue weighted by Crippen LogP contribution is -2.28. The van der Waals surface area contributed by atoms with Crippen LogP contribution in [-0.2, 0) is 0 Å². The molecule has 0 spiro atoms. The summed E-state index contributed by atoms with van der Waals surface area (Å²) < 4.78 is 5.14. The number of nitrogens with one attached hydrogen (secondary N) is 1. The maximum atomic E-state index is 5.63. The van der Waals surface area contributed by atoms with Gasteiger partial charge < -0.3 is 4.74 Å². The number of benzene rings is 2. The molecule has 0 fully saturated rings. The highest BCUT2D eigenvalue weighted by atomic mass is 16.5. The average Bonchev–Trinajstić information content (AvgIpc) is 2.42. The Morgan fingerprint density at radius 2 is 1.53 bits per heavy atom. The third-order valence-corrected chi connectivity index (χ3v) is 2.75. The SMILES string of the molecule is COc1ccc([C@H](NN)c2ccccc2)cc1. The lowest BCUT2D eigenvalue weighted by atomic mass is 9.99. The maximum absolute atomic E-state index is 5.63. The van der Waals surface area contributed by atoms with E-state index in [0.717, 1.165) is 16.9 Å². The van der Waals surface area contributed by atoms with Crippen LogP contribution < -0.4 is 16.0 Å². The van der Waals surface area contributed by atoms with Gasteiger partial charge in [0, 0.05) is 0 Å². The van der Waals surface area contributed by atoms with Crippen LogP contribution in [0, 0.1) is 0 Å². The van der Waals surface area contributed by atoms with Crippen molar-refractivity contribution in [3.63, 3.8) is 0 Å². The van der Waals surface area contributed by atoms with E-state index >= 15 is 0 Å². The lowest BCUT2D eigenvalue weighted by molar-refractivity contribution is 0.414. The molecule has 0 heterocycles. The van der Waals surface area contributed by atoms with Crippen molar-refractivity contribution >= 4 is 0 Å². The molecule has 0 saturated carbocycles. The molecule has 0 amide bonds. The Bertz CT molecular complexity index is 453. The number of methoxy groups -OCH3 is 1. The molecule has 3 heteroatoms. The molecule has 1 atom stereocenters. The number of rotatable bonds is 4. The Balaban J connectivity index is 2.29. The van der Waals surface area contributed by atoms with Crippen molar-refractivity contribution in [1.82, 2.24) is 5.43 Å². The van der Waals surface area contributed by atoms with Crippen molar-refractivity contribution in [3.8, 4) is 5.75 Å². The van der Waals surface area contributed by atoms with Gasteiger partial charge in [-0.1, -0.05) is 42.5 Å². The highest BCUT2D eigenvalue weighted by molar-refractivity contribution is 5.35. The van der Waals surface area contributed by atoms with Crippen molar-refractivity contribution in [2.24, 2.45) is 5.84 Å². The summed E-state index contributed by atoms with van der Waals surface area (Å²) in [7, 11) is 1.66. The highest BCUT2D eigenvalue weighted by Gasteiger charge is 2.11. The Labute approximate surface area is 101 Å². The minimum atomic E-state index is 0.00195. The Morgan fingerprint density at radius 1 is 0.941 bits per heavy atom. The van der Waals surface area contributed by atoms with Crippen molar-refractivity contribution < 1.29 is 4.74 Å². The summed E-state index contributed by atoms with van der Waals surface area (Å²) >= 11 is 0. The van der Waals surface area contributed by atoms with E-state index in [4.69, 9.17) is 10.6 Å². The summed E-state index contributed by atoms with van der Waals surface area (Å²) in [6.45, 7) is 0. The van der Waals surface area contributed by atoms with E-state index in [2.05, 4.69) is 17.6 Å². The van der Waals surface area contributed by atoms with Crippen LogP contribution in [0.2, 0.25) is 0 Å². The first kappa shape index (κ1) is 11.6. The third kappa shape index (κ3) is 2.64. The Morgan fingerprint density at radius 3 is 2.06 bits per heavy atom. The summed E-state index contributed by atoms with van der Waals surface area (Å²) in [4.78, 5) is 0. The van der Waals surface area contributed by atoms with Gasteiger partial charge >= 0.3 is 0 Å². The van der Waals surface area contributed by atoms with Gasteiger partial charge in [-0.05, 0) is 23.3 Å². The molecular formula is C14H16N2O. The van der Waals surface area contributed by atoms with Crippen molar-refractivity contribution in [2.75, 3.05) is 7.11 Å². The minimum Gasteiger partial charge on any atom is -0.497 e. The zero-order chi connectivity index (χ0) is 12.1. The van der Waals surface area contributed by atoms with E-state index in [-0.39, 0.29) is 6.04 Å². The average molecular weight is 228 g/mol. The van der Waals surface area contributed by atoms with Crippen LogP contribution in [0.15, 0.2) is 54.6 Å². The molecule has 0 aliphatic heterocycles. The fourth-order valence-electron chi connectivity index (χ4n) is 1.83. The molecule has 2 rings (SSSR count). The molecule has 0 saturated heterocycles. The van der Waals surface area contributed by atoms with Crippen LogP contribution in [0.3, 0.4) is 0 Å². The Kier molecular flexibility index (Phi) is 3.75. The number of hydrogen-bond donors (Lipinski definition) is 2. The van der Waals surface area contributed by atoms with Crippen molar-refractivity contribution in [3.05, 3.63) is 65.7 Å². The zero-order valence-corrected chi connectivity index (χ0v) is 9.76. The second-order valence-electron chi connectivity index (χ2n) is 3.78. The number of nitrogens with two attached hydrogens (primary N) is 1. The van der Waals surface area contributed by atoms with Gasteiger partial charge in [-0.15, -0.1) is 0 Å². The van der Waals surface area contributed by atoms with E-state index in [9.17, 15) is 0 Å². The summed E-state index contributed by atoms with van der Waals surface area (Å²) in [6, 6.07) is 18.0. The molecule has 0 aliphatic rings. The van der Waals surface area contributed by atoms with Gasteiger partial charge in [-0.2, -0.15) is 0 Å². The number of hydrogen-bond acceptors (Lipinski definition) is 3. The summed E-state index contributed by atoms with van der Waals surface area (Å²) in [5.41, 5.74) is 5.08. The van der Waals surface area contributed by atoms with Gasteiger partial charge in [0.05, 0.1) is 13.2 Å². The summed E-state index contributed by atoms with van der Waals surface area (Å²) in [6.07, 6.45) is 0. The summed E-state index contributed by atoms with van der Waals surface area (Å²) in [5.74, 6) is 6.47. The van der Waals surface area contributed by atoms with Crippen molar-refractivity contribution in [2.45, 2.75) is 6.04 Å². The van der Waals surface area contributed by atoms with Crippen LogP contribution in [0.25, 0.3) is 0 Å². The first-order valence-corrected chi connectivity index (χ1v) is 5.50. The molecule has 0 aromatic heterocycles. The van der Waals surface area contributed by atoms with E-state index in [0.29, 0.717) is 0 Å². The zero-order valence-electron chi connectivity index (χ0n) is 9.76. The minimum absolute atomic E-state index is 0.00195. The second-order valence-corrected chi connectivity index (χ2v) is 3.78. The predicted molar refractivity (Wildman–Crippen MR) is 68.6 cm³/mol. The van der Waals surface area contributed by atoms with Gasteiger partial charge in [0.1, 0.15) is 5.75 Å². The Hall–Kier alpha value is -1.84. The fourth-order valence-corrected chi connectivity index (χ4v) is 1.83. The summed E-state index contributed by atoms with van der Waals surface area (Å²) in [5, 5.41) is 0. The lowest BCUT2D eigenvalue weighted by Gasteiger charge is -2.17. The molecule has 0 unspecified atom stereocenters. The monoisotopic (exact) mass is 228 g/mol. The van der Waals surface area contributed by atoms with Crippen LogP contribution >= 0.6 is 0 Å². The smallest absolute Gasteiger partial charge is 0.118 e. The highest BCUT2D eigenvalue weighted by Crippen LogP contribution is 2.23. The maximum Gasteiger partial charge on any atom is 0.118 e.